The van der Waals surface area contributed by atoms with Crippen molar-refractivity contribution >= 4 is 34.5 Å². The molecule has 0 aliphatic heterocycles. The van der Waals surface area contributed by atoms with Crippen LogP contribution in [0.15, 0.2) is 125 Å². The monoisotopic (exact) mass is 580 g/mol. The fraction of sp³-hybridized carbons (Fsp3) is 0.0286. The molecule has 0 spiro atoms. The third kappa shape index (κ3) is 6.03. The van der Waals surface area contributed by atoms with Crippen LogP contribution in [0.25, 0.3) is 33.2 Å². The van der Waals surface area contributed by atoms with E-state index >= 15 is 0 Å². The van der Waals surface area contributed by atoms with Crippen LogP contribution in [0.5, 0.6) is 0 Å². The Bertz CT molecular complexity index is 1990. The van der Waals surface area contributed by atoms with Gasteiger partial charge >= 0.3 is 5.97 Å². The van der Waals surface area contributed by atoms with Gasteiger partial charge in [-0.25, -0.2) is 4.79 Å². The second-order valence-electron chi connectivity index (χ2n) is 9.84. The summed E-state index contributed by atoms with van der Waals surface area (Å²) in [4.78, 5) is 25.9. The molecule has 7 nitrogen and oxygen atoms in total. The Hall–Kier alpha value is -5.65. The average molecular weight is 581 g/mol. The number of aromatic nitrogens is 2. The van der Waals surface area contributed by atoms with Gasteiger partial charge in [0.15, 0.2) is 0 Å². The number of nitrogens with zero attached hydrogens (tertiary/aromatic N) is 2. The van der Waals surface area contributed by atoms with E-state index in [0.29, 0.717) is 27.1 Å². The highest BCUT2D eigenvalue weighted by Gasteiger charge is 2.19. The van der Waals surface area contributed by atoms with E-state index in [1.807, 2.05) is 54.6 Å². The van der Waals surface area contributed by atoms with Gasteiger partial charge in [-0.2, -0.15) is 10.4 Å². The van der Waals surface area contributed by atoms with E-state index in [4.69, 9.17) is 0 Å². The van der Waals surface area contributed by atoms with E-state index in [1.165, 1.54) is 23.9 Å². The first-order valence-electron chi connectivity index (χ1n) is 13.4. The van der Waals surface area contributed by atoms with Crippen LogP contribution >= 0.6 is 11.8 Å². The third-order valence-electron chi connectivity index (χ3n) is 7.03. The predicted molar refractivity (Wildman–Crippen MR) is 167 cm³/mol. The molecule has 0 saturated heterocycles. The predicted octanol–water partition coefficient (Wildman–Crippen LogP) is 7.55. The van der Waals surface area contributed by atoms with Crippen LogP contribution in [-0.2, 0) is 6.54 Å². The van der Waals surface area contributed by atoms with Gasteiger partial charge in [-0.15, -0.1) is 0 Å². The number of carboxylic acids is 1. The Morgan fingerprint density at radius 3 is 2.26 bits per heavy atom. The number of nitrogens with one attached hydrogen (secondary N) is 2. The van der Waals surface area contributed by atoms with Gasteiger partial charge in [-0.1, -0.05) is 78.5 Å². The zero-order valence-corrected chi connectivity index (χ0v) is 23.6. The maximum atomic E-state index is 13.7. The summed E-state index contributed by atoms with van der Waals surface area (Å²) in [5.41, 5.74) is 6.43. The van der Waals surface area contributed by atoms with Crippen LogP contribution < -0.4 is 5.32 Å². The Balaban J connectivity index is 1.34. The lowest BCUT2D eigenvalue weighted by Gasteiger charge is -2.11. The molecule has 1 amide bonds. The number of hydrogen-bond donors (Lipinski definition) is 3. The lowest BCUT2D eigenvalue weighted by molar-refractivity contribution is 0.0696. The maximum Gasteiger partial charge on any atom is 0.335 e. The summed E-state index contributed by atoms with van der Waals surface area (Å²) in [5, 5.41) is 30.6. The van der Waals surface area contributed by atoms with Crippen molar-refractivity contribution in [2.24, 2.45) is 0 Å². The lowest BCUT2D eigenvalue weighted by Crippen LogP contribution is -2.23. The van der Waals surface area contributed by atoms with Gasteiger partial charge in [0.05, 0.1) is 28.3 Å². The number of amides is 1. The fourth-order valence-corrected chi connectivity index (χ4v) is 5.72. The minimum Gasteiger partial charge on any atom is -0.478 e. The van der Waals surface area contributed by atoms with Crippen molar-refractivity contribution in [2.45, 2.75) is 16.5 Å². The van der Waals surface area contributed by atoms with Crippen LogP contribution in [0.4, 0.5) is 0 Å². The van der Waals surface area contributed by atoms with Gasteiger partial charge in [0, 0.05) is 16.8 Å². The first kappa shape index (κ1) is 27.5. The number of fused-ring (bicyclic) bond motifs is 1. The minimum atomic E-state index is -1.00. The van der Waals surface area contributed by atoms with Crippen molar-refractivity contribution in [2.75, 3.05) is 0 Å². The summed E-state index contributed by atoms with van der Waals surface area (Å²) < 4.78 is 0. The van der Waals surface area contributed by atoms with Gasteiger partial charge in [0.25, 0.3) is 5.91 Å². The molecule has 43 heavy (non-hydrogen) atoms. The summed E-state index contributed by atoms with van der Waals surface area (Å²) >= 11 is 1.46. The topological polar surface area (TPSA) is 119 Å². The normalized spacial score (nSPS) is 10.8. The standard InChI is InChI=1S/C35H24N4O3S/c36-20-23-5-4-8-27(17-23)28-18-30(33(40)37-21-22-9-11-26(12-10-22)35(41)42)32-31(19-28)38-39-34(32)43-29-15-13-25(14-16-29)24-6-2-1-3-7-24/h1-19H,21H2,(H,37,40)(H,38,39)(H,41,42). The Kier molecular flexibility index (Phi) is 7.72. The molecule has 0 bridgehead atoms. The lowest BCUT2D eigenvalue weighted by atomic mass is 9.98. The van der Waals surface area contributed by atoms with E-state index < -0.39 is 5.97 Å². The molecule has 0 aliphatic rings. The van der Waals surface area contributed by atoms with Gasteiger partial charge in [0.2, 0.25) is 0 Å². The largest absolute Gasteiger partial charge is 0.478 e. The van der Waals surface area contributed by atoms with Crippen molar-refractivity contribution in [3.8, 4) is 28.3 Å². The Labute approximate surface area is 251 Å². The second-order valence-corrected chi connectivity index (χ2v) is 10.9. The smallest absolute Gasteiger partial charge is 0.335 e. The molecule has 0 radical (unpaired) electrons. The first-order valence-corrected chi connectivity index (χ1v) is 14.3. The number of aromatic carboxylic acids is 1. The van der Waals surface area contributed by atoms with Crippen molar-refractivity contribution < 1.29 is 14.7 Å². The average Bonchev–Trinajstić information content (AvgIpc) is 3.46. The number of rotatable bonds is 8. The van der Waals surface area contributed by atoms with Crippen LogP contribution in [0, 0.1) is 11.3 Å². The minimum absolute atomic E-state index is 0.181. The summed E-state index contributed by atoms with van der Waals surface area (Å²) in [7, 11) is 0. The van der Waals surface area contributed by atoms with Crippen molar-refractivity contribution in [3.63, 3.8) is 0 Å². The Morgan fingerprint density at radius 1 is 0.814 bits per heavy atom. The SMILES string of the molecule is N#Cc1cccc(-c2cc(C(=O)NCc3ccc(C(=O)O)cc3)c3c(Sc4ccc(-c5ccccc5)cc4)n[nH]c3c2)c1. The van der Waals surface area contributed by atoms with Crippen molar-refractivity contribution in [1.29, 1.82) is 5.26 Å². The number of nitriles is 1. The summed E-state index contributed by atoms with van der Waals surface area (Å²) in [6.07, 6.45) is 0. The molecular weight excluding hydrogens is 556 g/mol. The molecule has 0 fully saturated rings. The third-order valence-corrected chi connectivity index (χ3v) is 8.03. The van der Waals surface area contributed by atoms with Crippen LogP contribution in [0.1, 0.15) is 31.8 Å². The number of hydrogen-bond acceptors (Lipinski definition) is 5. The Morgan fingerprint density at radius 2 is 1.53 bits per heavy atom. The highest BCUT2D eigenvalue weighted by molar-refractivity contribution is 7.99. The van der Waals surface area contributed by atoms with E-state index in [-0.39, 0.29) is 18.0 Å². The van der Waals surface area contributed by atoms with E-state index in [1.54, 1.807) is 24.3 Å². The molecule has 0 aliphatic carbocycles. The summed E-state index contributed by atoms with van der Waals surface area (Å²) in [5.74, 6) is -1.30. The summed E-state index contributed by atoms with van der Waals surface area (Å²) in [6.45, 7) is 0.218. The van der Waals surface area contributed by atoms with Crippen LogP contribution in [0.2, 0.25) is 0 Å². The number of carboxylic acid groups (broad SMARTS) is 1. The van der Waals surface area contributed by atoms with Crippen molar-refractivity contribution in [1.82, 2.24) is 15.5 Å². The zero-order chi connectivity index (χ0) is 29.8. The number of carbonyl (C=O) groups is 2. The number of benzene rings is 5. The number of H-pyrrole nitrogens is 1. The van der Waals surface area contributed by atoms with E-state index in [9.17, 15) is 20.0 Å². The molecule has 208 valence electrons. The number of carbonyl (C=O) groups excluding carboxylic acids is 1. The molecule has 0 saturated carbocycles. The highest BCUT2D eigenvalue weighted by atomic mass is 32.2. The van der Waals surface area contributed by atoms with Gasteiger partial charge in [-0.05, 0) is 76.3 Å². The highest BCUT2D eigenvalue weighted by Crippen LogP contribution is 2.37. The summed E-state index contributed by atoms with van der Waals surface area (Å²) in [6, 6.07) is 37.9. The van der Waals surface area contributed by atoms with Gasteiger partial charge in [0.1, 0.15) is 5.03 Å². The molecule has 5 aromatic carbocycles. The van der Waals surface area contributed by atoms with Gasteiger partial charge < -0.3 is 10.4 Å². The molecule has 3 N–H and O–H groups in total. The molecule has 0 unspecified atom stereocenters. The van der Waals surface area contributed by atoms with E-state index in [2.05, 4.69) is 45.8 Å². The molecular formula is C35H24N4O3S. The number of aromatic amines is 1. The molecule has 1 aromatic heterocycles. The molecule has 8 heteroatoms. The molecule has 6 rings (SSSR count). The quantitative estimate of drug-likeness (QED) is 0.171. The first-order chi connectivity index (χ1) is 21.0. The molecule has 0 atom stereocenters. The van der Waals surface area contributed by atoms with E-state index in [0.717, 1.165) is 32.7 Å². The second kappa shape index (κ2) is 12.1. The van der Waals surface area contributed by atoms with Crippen LogP contribution in [0.3, 0.4) is 0 Å². The van der Waals surface area contributed by atoms with Crippen LogP contribution in [-0.4, -0.2) is 27.2 Å². The zero-order valence-electron chi connectivity index (χ0n) is 22.7. The maximum absolute atomic E-state index is 13.7. The fourth-order valence-electron chi connectivity index (χ4n) is 4.82. The van der Waals surface area contributed by atoms with Crippen molar-refractivity contribution in [3.05, 3.63) is 138 Å². The van der Waals surface area contributed by atoms with Gasteiger partial charge in [-0.3, -0.25) is 9.89 Å². The molecule has 6 aromatic rings. The molecule has 1 heterocycles.